The highest BCUT2D eigenvalue weighted by Gasteiger charge is 2.34. The lowest BCUT2D eigenvalue weighted by Crippen LogP contribution is -2.34. The fourth-order valence-corrected chi connectivity index (χ4v) is 3.49. The van der Waals surface area contributed by atoms with E-state index in [1.807, 2.05) is 55.3 Å². The minimum atomic E-state index is -0.0801. The van der Waals surface area contributed by atoms with Crippen molar-refractivity contribution < 1.29 is 4.79 Å². The SMILES string of the molecule is Cc1ccc2nc(CNC(=O)[C@H]3CNC[C@@H]3c3cnn(C)c3)cn2c1. The maximum Gasteiger partial charge on any atom is 0.225 e. The molecule has 7 nitrogen and oxygen atoms in total. The van der Waals surface area contributed by atoms with Crippen molar-refractivity contribution in [3.63, 3.8) is 0 Å². The first-order valence-electron chi connectivity index (χ1n) is 8.51. The summed E-state index contributed by atoms with van der Waals surface area (Å²) in [6.45, 7) is 3.98. The van der Waals surface area contributed by atoms with Crippen molar-refractivity contribution in [1.29, 1.82) is 0 Å². The third kappa shape index (κ3) is 3.15. The predicted molar refractivity (Wildman–Crippen MR) is 94.1 cm³/mol. The standard InChI is InChI=1S/C18H22N6O/c1-12-3-4-17-22-14(11-24(17)9-12)6-20-18(25)16-8-19-7-15(16)13-5-21-23(2)10-13/h3-5,9-11,15-16,19H,6-8H2,1-2H3,(H,20,25)/t15-,16+/m1/s1. The van der Waals surface area contributed by atoms with Crippen molar-refractivity contribution in [3.8, 4) is 0 Å². The molecule has 3 aromatic heterocycles. The van der Waals surface area contributed by atoms with Crippen LogP contribution in [0.2, 0.25) is 0 Å². The highest BCUT2D eigenvalue weighted by Crippen LogP contribution is 2.27. The minimum Gasteiger partial charge on any atom is -0.350 e. The summed E-state index contributed by atoms with van der Waals surface area (Å²) in [5.41, 5.74) is 4.04. The zero-order chi connectivity index (χ0) is 17.4. The van der Waals surface area contributed by atoms with Crippen LogP contribution >= 0.6 is 0 Å². The normalized spacial score (nSPS) is 20.2. The third-order valence-electron chi connectivity index (χ3n) is 4.80. The Balaban J connectivity index is 1.43. The van der Waals surface area contributed by atoms with Crippen molar-refractivity contribution in [2.75, 3.05) is 13.1 Å². The average molecular weight is 338 g/mol. The molecule has 4 heterocycles. The van der Waals surface area contributed by atoms with Crippen LogP contribution in [0.15, 0.2) is 36.9 Å². The van der Waals surface area contributed by atoms with Crippen molar-refractivity contribution >= 4 is 11.6 Å². The van der Waals surface area contributed by atoms with E-state index < -0.39 is 0 Å². The molecule has 1 aliphatic heterocycles. The van der Waals surface area contributed by atoms with E-state index in [4.69, 9.17) is 0 Å². The molecule has 3 aromatic rings. The smallest absolute Gasteiger partial charge is 0.225 e. The van der Waals surface area contributed by atoms with Gasteiger partial charge in [0.15, 0.2) is 0 Å². The van der Waals surface area contributed by atoms with Crippen LogP contribution in [-0.2, 0) is 18.4 Å². The number of nitrogens with one attached hydrogen (secondary N) is 2. The Morgan fingerprint density at radius 2 is 2.20 bits per heavy atom. The first-order chi connectivity index (χ1) is 12.1. The number of aromatic nitrogens is 4. The number of pyridine rings is 1. The van der Waals surface area contributed by atoms with Crippen LogP contribution in [0.5, 0.6) is 0 Å². The number of nitrogens with zero attached hydrogens (tertiary/aromatic N) is 4. The molecule has 130 valence electrons. The summed E-state index contributed by atoms with van der Waals surface area (Å²) >= 11 is 0. The number of rotatable bonds is 4. The van der Waals surface area contributed by atoms with Crippen molar-refractivity contribution in [2.24, 2.45) is 13.0 Å². The molecule has 0 unspecified atom stereocenters. The van der Waals surface area contributed by atoms with Crippen LogP contribution in [0.1, 0.15) is 22.7 Å². The molecule has 0 saturated carbocycles. The first kappa shape index (κ1) is 15.8. The van der Waals surface area contributed by atoms with Crippen LogP contribution in [0.4, 0.5) is 0 Å². The summed E-state index contributed by atoms with van der Waals surface area (Å²) in [4.78, 5) is 17.2. The van der Waals surface area contributed by atoms with Gasteiger partial charge >= 0.3 is 0 Å². The molecule has 1 saturated heterocycles. The van der Waals surface area contributed by atoms with E-state index in [1.165, 1.54) is 5.56 Å². The number of aryl methyl sites for hydroxylation is 2. The van der Waals surface area contributed by atoms with Gasteiger partial charge in [0.25, 0.3) is 0 Å². The van der Waals surface area contributed by atoms with Crippen molar-refractivity contribution in [1.82, 2.24) is 29.8 Å². The van der Waals surface area contributed by atoms with E-state index in [9.17, 15) is 4.79 Å². The van der Waals surface area contributed by atoms with E-state index in [-0.39, 0.29) is 17.7 Å². The molecule has 0 radical (unpaired) electrons. The molecule has 25 heavy (non-hydrogen) atoms. The molecule has 0 bridgehead atoms. The van der Waals surface area contributed by atoms with E-state index in [1.54, 1.807) is 4.68 Å². The van der Waals surface area contributed by atoms with Crippen LogP contribution in [-0.4, -0.2) is 38.2 Å². The highest BCUT2D eigenvalue weighted by molar-refractivity contribution is 5.80. The lowest BCUT2D eigenvalue weighted by Gasteiger charge is -2.16. The molecule has 0 aliphatic carbocycles. The Morgan fingerprint density at radius 1 is 1.32 bits per heavy atom. The topological polar surface area (TPSA) is 76.2 Å². The van der Waals surface area contributed by atoms with E-state index in [0.29, 0.717) is 13.1 Å². The number of hydrogen-bond donors (Lipinski definition) is 2. The fraction of sp³-hybridized carbons (Fsp3) is 0.389. The number of carbonyl (C=O) groups excluding carboxylic acids is 1. The molecular formula is C18H22N6O. The van der Waals surface area contributed by atoms with E-state index in [2.05, 4.69) is 20.7 Å². The van der Waals surface area contributed by atoms with Crippen molar-refractivity contribution in [2.45, 2.75) is 19.4 Å². The molecule has 7 heteroatoms. The van der Waals surface area contributed by atoms with Crippen LogP contribution in [0.3, 0.4) is 0 Å². The zero-order valence-electron chi connectivity index (χ0n) is 14.4. The second-order valence-electron chi connectivity index (χ2n) is 6.74. The number of amides is 1. The molecule has 2 atom stereocenters. The molecule has 0 spiro atoms. The summed E-state index contributed by atoms with van der Waals surface area (Å²) in [5.74, 6) is 0.146. The molecule has 2 N–H and O–H groups in total. The van der Waals surface area contributed by atoms with Gasteiger partial charge in [0.1, 0.15) is 5.65 Å². The van der Waals surface area contributed by atoms with Gasteiger partial charge in [-0.25, -0.2) is 4.98 Å². The van der Waals surface area contributed by atoms with Crippen molar-refractivity contribution in [3.05, 3.63) is 53.7 Å². The fourth-order valence-electron chi connectivity index (χ4n) is 3.49. The number of carbonyl (C=O) groups is 1. The second kappa shape index (κ2) is 6.33. The summed E-state index contributed by atoms with van der Waals surface area (Å²) in [6, 6.07) is 4.02. The van der Waals surface area contributed by atoms with Gasteiger partial charge in [-0.2, -0.15) is 5.10 Å². The van der Waals surface area contributed by atoms with Gasteiger partial charge in [-0.15, -0.1) is 0 Å². The maximum atomic E-state index is 12.7. The van der Waals surface area contributed by atoms with Crippen LogP contribution in [0.25, 0.3) is 5.65 Å². The monoisotopic (exact) mass is 338 g/mol. The van der Waals surface area contributed by atoms with Crippen LogP contribution < -0.4 is 10.6 Å². The quantitative estimate of drug-likeness (QED) is 0.744. The average Bonchev–Trinajstić information content (AvgIpc) is 3.30. The number of hydrogen-bond acceptors (Lipinski definition) is 4. The molecule has 1 amide bonds. The highest BCUT2D eigenvalue weighted by atomic mass is 16.1. The lowest BCUT2D eigenvalue weighted by atomic mass is 9.90. The van der Waals surface area contributed by atoms with Gasteiger partial charge < -0.3 is 15.0 Å². The van der Waals surface area contributed by atoms with E-state index >= 15 is 0 Å². The maximum absolute atomic E-state index is 12.7. The van der Waals surface area contributed by atoms with Gasteiger partial charge in [0.2, 0.25) is 5.91 Å². The second-order valence-corrected chi connectivity index (χ2v) is 6.74. The molecular weight excluding hydrogens is 316 g/mol. The zero-order valence-corrected chi connectivity index (χ0v) is 14.4. The molecule has 1 fully saturated rings. The predicted octanol–water partition coefficient (Wildman–Crippen LogP) is 0.996. The summed E-state index contributed by atoms with van der Waals surface area (Å²) < 4.78 is 3.77. The van der Waals surface area contributed by atoms with Gasteiger partial charge in [0, 0.05) is 44.6 Å². The van der Waals surface area contributed by atoms with Gasteiger partial charge in [-0.05, 0) is 24.1 Å². The van der Waals surface area contributed by atoms with Gasteiger partial charge in [-0.1, -0.05) is 6.07 Å². The Morgan fingerprint density at radius 3 is 3.00 bits per heavy atom. The summed E-state index contributed by atoms with van der Waals surface area (Å²) in [7, 11) is 1.89. The Labute approximate surface area is 146 Å². The first-order valence-corrected chi connectivity index (χ1v) is 8.51. The summed E-state index contributed by atoms with van der Waals surface area (Å²) in [6.07, 6.45) is 7.84. The number of fused-ring (bicyclic) bond motifs is 1. The molecule has 1 aliphatic rings. The summed E-state index contributed by atoms with van der Waals surface area (Å²) in [5, 5.41) is 10.6. The largest absolute Gasteiger partial charge is 0.350 e. The lowest BCUT2D eigenvalue weighted by molar-refractivity contribution is -0.125. The third-order valence-corrected chi connectivity index (χ3v) is 4.80. The minimum absolute atomic E-state index is 0.0621. The Bertz CT molecular complexity index is 911. The van der Waals surface area contributed by atoms with Gasteiger partial charge in [-0.3, -0.25) is 9.48 Å². The van der Waals surface area contributed by atoms with Gasteiger partial charge in [0.05, 0.1) is 24.4 Å². The van der Waals surface area contributed by atoms with E-state index in [0.717, 1.165) is 23.4 Å². The number of imidazole rings is 1. The molecule has 4 rings (SSSR count). The Hall–Kier alpha value is -2.67. The van der Waals surface area contributed by atoms with Crippen LogP contribution in [0, 0.1) is 12.8 Å². The molecule has 0 aromatic carbocycles. The Kier molecular flexibility index (Phi) is 4.01.